The van der Waals surface area contributed by atoms with Crippen molar-refractivity contribution < 1.29 is 4.79 Å². The maximum Gasteiger partial charge on any atom is 0.234 e. The fourth-order valence-electron chi connectivity index (χ4n) is 2.36. The minimum atomic E-state index is 0.0734. The largest absolute Gasteiger partial charge is 0.352 e. The molecular weight excluding hydrogens is 282 g/mol. The van der Waals surface area contributed by atoms with Crippen LogP contribution in [0.25, 0.3) is 10.2 Å². The third kappa shape index (κ3) is 4.25. The highest BCUT2D eigenvalue weighted by molar-refractivity contribution is 7.18. The van der Waals surface area contributed by atoms with Crippen molar-refractivity contribution in [2.75, 3.05) is 13.1 Å². The number of amides is 1. The highest BCUT2D eigenvalue weighted by Gasteiger charge is 2.20. The van der Waals surface area contributed by atoms with Crippen LogP contribution in [0.5, 0.6) is 0 Å². The van der Waals surface area contributed by atoms with Crippen LogP contribution in [0.15, 0.2) is 24.3 Å². The molecule has 1 saturated carbocycles. The molecule has 1 aliphatic rings. The first-order chi connectivity index (χ1) is 10.2. The third-order valence-electron chi connectivity index (χ3n) is 3.64. The summed E-state index contributed by atoms with van der Waals surface area (Å²) in [6.07, 6.45) is 3.40. The number of hydrogen-bond donors (Lipinski definition) is 2. The summed E-state index contributed by atoms with van der Waals surface area (Å²) in [6.45, 7) is 3.42. The van der Waals surface area contributed by atoms with Crippen molar-refractivity contribution >= 4 is 27.5 Å². The van der Waals surface area contributed by atoms with Crippen LogP contribution in [0.3, 0.4) is 0 Å². The predicted molar refractivity (Wildman–Crippen MR) is 86.5 cm³/mol. The van der Waals surface area contributed by atoms with Crippen molar-refractivity contribution in [3.8, 4) is 0 Å². The summed E-state index contributed by atoms with van der Waals surface area (Å²) in [7, 11) is 0. The van der Waals surface area contributed by atoms with Gasteiger partial charge in [0.1, 0.15) is 0 Å². The Kier molecular flexibility index (Phi) is 4.51. The molecule has 2 aromatic rings. The van der Waals surface area contributed by atoms with E-state index in [9.17, 15) is 4.79 Å². The summed E-state index contributed by atoms with van der Waals surface area (Å²) in [5, 5.41) is 7.32. The number of fused-ring (bicyclic) bond motifs is 1. The number of carbonyl (C=O) groups excluding carboxylic acids is 1. The van der Waals surface area contributed by atoms with E-state index >= 15 is 0 Å². The van der Waals surface area contributed by atoms with Gasteiger partial charge in [-0.2, -0.15) is 0 Å². The molecule has 21 heavy (non-hydrogen) atoms. The monoisotopic (exact) mass is 303 g/mol. The second kappa shape index (κ2) is 6.54. The second-order valence-corrected chi connectivity index (χ2v) is 6.94. The normalized spacial score (nSPS) is 16.0. The summed E-state index contributed by atoms with van der Waals surface area (Å²) in [5.74, 6) is 0.877. The molecule has 112 valence electrons. The van der Waals surface area contributed by atoms with Crippen molar-refractivity contribution in [3.63, 3.8) is 0 Å². The first kappa shape index (κ1) is 14.5. The number of aromatic nitrogens is 1. The zero-order valence-corrected chi connectivity index (χ0v) is 13.1. The van der Waals surface area contributed by atoms with Crippen LogP contribution in [0.1, 0.15) is 24.8 Å². The molecule has 1 aromatic heterocycles. The smallest absolute Gasteiger partial charge is 0.234 e. The molecule has 3 rings (SSSR count). The lowest BCUT2D eigenvalue weighted by Gasteiger charge is -2.12. The van der Waals surface area contributed by atoms with E-state index in [0.717, 1.165) is 29.4 Å². The Morgan fingerprint density at radius 1 is 1.43 bits per heavy atom. The van der Waals surface area contributed by atoms with Crippen LogP contribution < -0.4 is 10.6 Å². The Bertz CT molecular complexity index is 588. The van der Waals surface area contributed by atoms with Gasteiger partial charge in [0.2, 0.25) is 5.91 Å². The Labute approximate surface area is 129 Å². The minimum Gasteiger partial charge on any atom is -0.352 e. The van der Waals surface area contributed by atoms with Crippen molar-refractivity contribution in [2.24, 2.45) is 5.92 Å². The van der Waals surface area contributed by atoms with Gasteiger partial charge in [-0.15, -0.1) is 11.3 Å². The number of nitrogens with one attached hydrogen (secondary N) is 2. The van der Waals surface area contributed by atoms with E-state index in [-0.39, 0.29) is 11.9 Å². The van der Waals surface area contributed by atoms with Crippen LogP contribution in [0, 0.1) is 5.92 Å². The van der Waals surface area contributed by atoms with Crippen molar-refractivity contribution in [3.05, 3.63) is 29.3 Å². The maximum absolute atomic E-state index is 11.8. The molecule has 0 spiro atoms. The van der Waals surface area contributed by atoms with E-state index < -0.39 is 0 Å². The van der Waals surface area contributed by atoms with E-state index in [2.05, 4.69) is 21.7 Å². The van der Waals surface area contributed by atoms with Crippen molar-refractivity contribution in [2.45, 2.75) is 32.2 Å². The zero-order valence-electron chi connectivity index (χ0n) is 12.3. The van der Waals surface area contributed by atoms with Gasteiger partial charge in [0.25, 0.3) is 0 Å². The molecule has 1 unspecified atom stereocenters. The molecule has 4 nitrogen and oxygen atoms in total. The molecular formula is C16H21N3OS. The lowest BCUT2D eigenvalue weighted by atomic mass is 10.2. The van der Waals surface area contributed by atoms with Crippen LogP contribution in [0.2, 0.25) is 0 Å². The summed E-state index contributed by atoms with van der Waals surface area (Å²) < 4.78 is 1.21. The summed E-state index contributed by atoms with van der Waals surface area (Å²) in [5.41, 5.74) is 1.04. The van der Waals surface area contributed by atoms with Gasteiger partial charge in [-0.1, -0.05) is 12.1 Å². The second-order valence-electron chi connectivity index (χ2n) is 5.82. The summed E-state index contributed by atoms with van der Waals surface area (Å²) >= 11 is 1.70. The maximum atomic E-state index is 11.8. The lowest BCUT2D eigenvalue weighted by Crippen LogP contribution is -2.40. The van der Waals surface area contributed by atoms with Crippen LogP contribution in [0.4, 0.5) is 0 Å². The molecule has 5 heteroatoms. The summed E-state index contributed by atoms with van der Waals surface area (Å²) in [6, 6.07) is 8.26. The molecule has 1 atom stereocenters. The number of benzene rings is 1. The molecule has 0 aliphatic heterocycles. The summed E-state index contributed by atoms with van der Waals surface area (Å²) in [4.78, 5) is 16.4. The lowest BCUT2D eigenvalue weighted by molar-refractivity contribution is -0.120. The number of carbonyl (C=O) groups is 1. The minimum absolute atomic E-state index is 0.0734. The van der Waals surface area contributed by atoms with Crippen LogP contribution in [-0.2, 0) is 11.2 Å². The molecule has 0 saturated heterocycles. The molecule has 1 heterocycles. The van der Waals surface area contributed by atoms with E-state index in [4.69, 9.17) is 0 Å². The predicted octanol–water partition coefficient (Wildman–Crippen LogP) is 2.34. The van der Waals surface area contributed by atoms with Gasteiger partial charge in [0, 0.05) is 12.5 Å². The molecule has 0 bridgehead atoms. The van der Waals surface area contributed by atoms with Gasteiger partial charge >= 0.3 is 0 Å². The molecule has 1 aromatic carbocycles. The Morgan fingerprint density at radius 2 is 2.24 bits per heavy atom. The Balaban J connectivity index is 1.46. The van der Waals surface area contributed by atoms with E-state index in [1.807, 2.05) is 25.1 Å². The number of nitrogens with zero attached hydrogens (tertiary/aromatic N) is 1. The Hall–Kier alpha value is -1.46. The standard InChI is InChI=1S/C16H21N3OS/c1-11(18-15(20)10-17-9-12-6-7-12)8-16-19-13-4-2-3-5-14(13)21-16/h2-5,11-12,17H,6-10H2,1H3,(H,18,20). The first-order valence-corrected chi connectivity index (χ1v) is 8.37. The van der Waals surface area contributed by atoms with Gasteiger partial charge in [0.15, 0.2) is 0 Å². The van der Waals surface area contributed by atoms with Crippen LogP contribution in [-0.4, -0.2) is 30.0 Å². The number of rotatable bonds is 7. The first-order valence-electron chi connectivity index (χ1n) is 7.55. The van der Waals surface area contributed by atoms with Crippen molar-refractivity contribution in [1.82, 2.24) is 15.6 Å². The number of thiazole rings is 1. The van der Waals surface area contributed by atoms with Gasteiger partial charge in [0.05, 0.1) is 21.8 Å². The highest BCUT2D eigenvalue weighted by atomic mass is 32.1. The topological polar surface area (TPSA) is 54.0 Å². The molecule has 1 fully saturated rings. The van der Waals surface area contributed by atoms with Crippen molar-refractivity contribution in [1.29, 1.82) is 0 Å². The average Bonchev–Trinajstić information content (AvgIpc) is 3.16. The van der Waals surface area contributed by atoms with E-state index in [1.165, 1.54) is 17.5 Å². The molecule has 1 amide bonds. The highest BCUT2D eigenvalue weighted by Crippen LogP contribution is 2.27. The quantitative estimate of drug-likeness (QED) is 0.825. The molecule has 2 N–H and O–H groups in total. The fraction of sp³-hybridized carbons (Fsp3) is 0.500. The zero-order chi connectivity index (χ0) is 14.7. The number of para-hydroxylation sites is 1. The van der Waals surface area contributed by atoms with Gasteiger partial charge in [-0.05, 0) is 44.4 Å². The van der Waals surface area contributed by atoms with Gasteiger partial charge < -0.3 is 10.6 Å². The van der Waals surface area contributed by atoms with E-state index in [0.29, 0.717) is 6.54 Å². The third-order valence-corrected chi connectivity index (χ3v) is 4.70. The van der Waals surface area contributed by atoms with Crippen LogP contribution >= 0.6 is 11.3 Å². The average molecular weight is 303 g/mol. The van der Waals surface area contributed by atoms with Gasteiger partial charge in [-0.25, -0.2) is 4.98 Å². The number of hydrogen-bond acceptors (Lipinski definition) is 4. The molecule has 1 aliphatic carbocycles. The fourth-order valence-corrected chi connectivity index (χ4v) is 3.45. The van der Waals surface area contributed by atoms with E-state index in [1.54, 1.807) is 11.3 Å². The Morgan fingerprint density at radius 3 is 3.00 bits per heavy atom. The SMILES string of the molecule is CC(Cc1nc2ccccc2s1)NC(=O)CNCC1CC1. The van der Waals surface area contributed by atoms with Gasteiger partial charge in [-0.3, -0.25) is 4.79 Å². The molecule has 0 radical (unpaired) electrons.